The lowest BCUT2D eigenvalue weighted by molar-refractivity contribution is 0.547. The molecule has 0 atom stereocenters. The minimum absolute atomic E-state index is 1.18. The van der Waals surface area contributed by atoms with Crippen molar-refractivity contribution in [2.24, 2.45) is 0 Å². The molecule has 0 aromatic heterocycles. The molecule has 1 N–H and O–H groups in total. The smallest absolute Gasteiger partial charge is 0.00519 e. The quantitative estimate of drug-likeness (QED) is 0.478. The zero-order valence-electron chi connectivity index (χ0n) is 13.4. The standard InChI is InChI=1S/C19H33N/c1-20-18-14-9-7-5-3-2-4-6-8-11-15-19-16-12-10-13-17-19/h10,12-13,16-17,20H,2-9,11,14-15,18H2,1H3. The molecule has 0 saturated heterocycles. The third-order valence-electron chi connectivity index (χ3n) is 3.99. The van der Waals surface area contributed by atoms with Gasteiger partial charge in [-0.2, -0.15) is 0 Å². The van der Waals surface area contributed by atoms with Crippen molar-refractivity contribution in [1.82, 2.24) is 5.32 Å². The van der Waals surface area contributed by atoms with Crippen molar-refractivity contribution in [3.63, 3.8) is 0 Å². The van der Waals surface area contributed by atoms with E-state index >= 15 is 0 Å². The van der Waals surface area contributed by atoms with Gasteiger partial charge in [0.15, 0.2) is 0 Å². The molecule has 0 saturated carbocycles. The van der Waals surface area contributed by atoms with Gasteiger partial charge in [-0.25, -0.2) is 0 Å². The van der Waals surface area contributed by atoms with E-state index in [1.807, 2.05) is 7.05 Å². The Morgan fingerprint density at radius 2 is 1.15 bits per heavy atom. The highest BCUT2D eigenvalue weighted by Crippen LogP contribution is 2.12. The summed E-state index contributed by atoms with van der Waals surface area (Å²) in [6, 6.07) is 10.9. The van der Waals surface area contributed by atoms with Crippen LogP contribution in [0.2, 0.25) is 0 Å². The maximum atomic E-state index is 3.21. The van der Waals surface area contributed by atoms with Crippen LogP contribution in [0.15, 0.2) is 30.3 Å². The number of hydrogen-bond donors (Lipinski definition) is 1. The Kier molecular flexibility index (Phi) is 11.4. The maximum absolute atomic E-state index is 3.21. The second-order valence-electron chi connectivity index (χ2n) is 5.87. The number of unbranched alkanes of at least 4 members (excludes halogenated alkanes) is 9. The van der Waals surface area contributed by atoms with E-state index in [2.05, 4.69) is 35.6 Å². The second kappa shape index (κ2) is 13.2. The summed E-state index contributed by atoms with van der Waals surface area (Å²) >= 11 is 0. The van der Waals surface area contributed by atoms with Gasteiger partial charge in [0.2, 0.25) is 0 Å². The topological polar surface area (TPSA) is 12.0 Å². The summed E-state index contributed by atoms with van der Waals surface area (Å²) in [5.74, 6) is 0. The average Bonchev–Trinajstić information content (AvgIpc) is 2.49. The molecule has 1 nitrogen and oxygen atoms in total. The highest BCUT2D eigenvalue weighted by atomic mass is 14.8. The summed E-state index contributed by atoms with van der Waals surface area (Å²) < 4.78 is 0. The van der Waals surface area contributed by atoms with E-state index < -0.39 is 0 Å². The van der Waals surface area contributed by atoms with Gasteiger partial charge in [0.05, 0.1) is 0 Å². The largest absolute Gasteiger partial charge is 0.320 e. The van der Waals surface area contributed by atoms with E-state index in [1.54, 1.807) is 0 Å². The Bertz CT molecular complexity index is 294. The second-order valence-corrected chi connectivity index (χ2v) is 5.87. The molecule has 0 spiro atoms. The van der Waals surface area contributed by atoms with E-state index in [1.165, 1.54) is 82.7 Å². The summed E-state index contributed by atoms with van der Waals surface area (Å²) in [5.41, 5.74) is 1.49. The molecule has 0 aliphatic heterocycles. The lowest BCUT2D eigenvalue weighted by Crippen LogP contribution is -2.06. The molecular formula is C19H33N. The molecule has 1 aromatic carbocycles. The summed E-state index contributed by atoms with van der Waals surface area (Å²) in [5, 5.41) is 3.21. The predicted molar refractivity (Wildman–Crippen MR) is 90.2 cm³/mol. The number of aryl methyl sites for hydroxylation is 1. The van der Waals surface area contributed by atoms with E-state index in [4.69, 9.17) is 0 Å². The van der Waals surface area contributed by atoms with Gasteiger partial charge in [0.25, 0.3) is 0 Å². The van der Waals surface area contributed by atoms with E-state index in [9.17, 15) is 0 Å². The number of nitrogens with one attached hydrogen (secondary N) is 1. The van der Waals surface area contributed by atoms with Crippen molar-refractivity contribution < 1.29 is 0 Å². The average molecular weight is 275 g/mol. The molecule has 0 bridgehead atoms. The molecule has 1 rings (SSSR count). The van der Waals surface area contributed by atoms with Crippen molar-refractivity contribution in [2.75, 3.05) is 13.6 Å². The van der Waals surface area contributed by atoms with Gasteiger partial charge >= 0.3 is 0 Å². The van der Waals surface area contributed by atoms with Crippen LogP contribution in [0, 0.1) is 0 Å². The van der Waals surface area contributed by atoms with Crippen LogP contribution in [0.3, 0.4) is 0 Å². The van der Waals surface area contributed by atoms with Gasteiger partial charge in [-0.1, -0.05) is 81.7 Å². The van der Waals surface area contributed by atoms with E-state index in [-0.39, 0.29) is 0 Å². The molecule has 0 heterocycles. The van der Waals surface area contributed by atoms with Gasteiger partial charge in [0.1, 0.15) is 0 Å². The molecule has 0 aliphatic carbocycles. The predicted octanol–water partition coefficient (Wildman–Crippen LogP) is 5.35. The van der Waals surface area contributed by atoms with Crippen LogP contribution < -0.4 is 5.32 Å². The summed E-state index contributed by atoms with van der Waals surface area (Å²) in [6.07, 6.45) is 15.4. The van der Waals surface area contributed by atoms with Crippen LogP contribution in [-0.4, -0.2) is 13.6 Å². The molecule has 0 aliphatic rings. The Labute approximate surface area is 126 Å². The first-order chi connectivity index (χ1) is 9.93. The van der Waals surface area contributed by atoms with Crippen molar-refractivity contribution in [2.45, 2.75) is 70.6 Å². The first-order valence-electron chi connectivity index (χ1n) is 8.62. The van der Waals surface area contributed by atoms with E-state index in [0.29, 0.717) is 0 Å². The van der Waals surface area contributed by atoms with Gasteiger partial charge in [-0.05, 0) is 38.4 Å². The fourth-order valence-electron chi connectivity index (χ4n) is 2.69. The Hall–Kier alpha value is -0.820. The minimum Gasteiger partial charge on any atom is -0.320 e. The molecule has 0 radical (unpaired) electrons. The fourth-order valence-corrected chi connectivity index (χ4v) is 2.69. The molecule has 0 unspecified atom stereocenters. The van der Waals surface area contributed by atoms with Crippen LogP contribution in [0.4, 0.5) is 0 Å². The molecule has 20 heavy (non-hydrogen) atoms. The van der Waals surface area contributed by atoms with Crippen molar-refractivity contribution in [3.8, 4) is 0 Å². The molecule has 114 valence electrons. The highest BCUT2D eigenvalue weighted by molar-refractivity contribution is 5.14. The number of hydrogen-bond acceptors (Lipinski definition) is 1. The maximum Gasteiger partial charge on any atom is -0.00519 e. The van der Waals surface area contributed by atoms with Crippen LogP contribution in [0.5, 0.6) is 0 Å². The summed E-state index contributed by atoms with van der Waals surface area (Å²) in [7, 11) is 2.04. The van der Waals surface area contributed by atoms with Crippen molar-refractivity contribution in [3.05, 3.63) is 35.9 Å². The molecule has 0 amide bonds. The highest BCUT2D eigenvalue weighted by Gasteiger charge is 1.94. The van der Waals surface area contributed by atoms with E-state index in [0.717, 1.165) is 0 Å². The van der Waals surface area contributed by atoms with Crippen LogP contribution in [0.1, 0.15) is 69.8 Å². The van der Waals surface area contributed by atoms with Crippen molar-refractivity contribution >= 4 is 0 Å². The van der Waals surface area contributed by atoms with Crippen LogP contribution in [0.25, 0.3) is 0 Å². The fraction of sp³-hybridized carbons (Fsp3) is 0.684. The zero-order valence-corrected chi connectivity index (χ0v) is 13.4. The Morgan fingerprint density at radius 1 is 0.650 bits per heavy atom. The molecule has 1 aromatic rings. The summed E-state index contributed by atoms with van der Waals surface area (Å²) in [4.78, 5) is 0. The third-order valence-corrected chi connectivity index (χ3v) is 3.99. The van der Waals surface area contributed by atoms with Crippen LogP contribution in [-0.2, 0) is 6.42 Å². The van der Waals surface area contributed by atoms with Crippen LogP contribution >= 0.6 is 0 Å². The number of benzene rings is 1. The Morgan fingerprint density at radius 3 is 1.70 bits per heavy atom. The minimum atomic E-state index is 1.18. The normalized spacial score (nSPS) is 10.8. The first kappa shape index (κ1) is 17.2. The lowest BCUT2D eigenvalue weighted by atomic mass is 10.0. The van der Waals surface area contributed by atoms with Gasteiger partial charge < -0.3 is 5.32 Å². The molecular weight excluding hydrogens is 242 g/mol. The first-order valence-corrected chi connectivity index (χ1v) is 8.62. The van der Waals surface area contributed by atoms with Gasteiger partial charge in [0, 0.05) is 0 Å². The lowest BCUT2D eigenvalue weighted by Gasteiger charge is -2.03. The van der Waals surface area contributed by atoms with Crippen molar-refractivity contribution in [1.29, 1.82) is 0 Å². The Balaban J connectivity index is 1.77. The molecule has 0 fully saturated rings. The SMILES string of the molecule is CNCCCCCCCCCCCCc1ccccc1. The van der Waals surface area contributed by atoms with Gasteiger partial charge in [-0.3, -0.25) is 0 Å². The van der Waals surface area contributed by atoms with Gasteiger partial charge in [-0.15, -0.1) is 0 Å². The monoisotopic (exact) mass is 275 g/mol. The molecule has 1 heteroatoms. The third kappa shape index (κ3) is 10.0. The summed E-state index contributed by atoms with van der Waals surface area (Å²) in [6.45, 7) is 1.18. The zero-order chi connectivity index (χ0) is 14.3. The number of rotatable bonds is 13.